The van der Waals surface area contributed by atoms with E-state index in [4.69, 9.17) is 16.3 Å². The van der Waals surface area contributed by atoms with Crippen molar-refractivity contribution in [1.82, 2.24) is 5.32 Å². The minimum absolute atomic E-state index is 0.224. The van der Waals surface area contributed by atoms with Crippen LogP contribution in [0.2, 0.25) is 5.02 Å². The van der Waals surface area contributed by atoms with Crippen LogP contribution in [-0.2, 0) is 16.2 Å². The fourth-order valence-corrected chi connectivity index (χ4v) is 5.06. The van der Waals surface area contributed by atoms with Crippen molar-refractivity contribution in [3.8, 4) is 5.75 Å². The number of urea groups is 1. The Hall–Kier alpha value is -2.46. The molecule has 34 heavy (non-hydrogen) atoms. The van der Waals surface area contributed by atoms with Crippen LogP contribution in [0, 0.1) is 0 Å². The lowest BCUT2D eigenvalue weighted by molar-refractivity contribution is -0.122. The number of nitrogens with one attached hydrogen (secondary N) is 1. The fraction of sp³-hybridized carbons (Fsp3) is 0.0417. The maximum absolute atomic E-state index is 13.2. The molecule has 4 rings (SSSR count). The number of hydrogen-bond acceptors (Lipinski definition) is 4. The summed E-state index contributed by atoms with van der Waals surface area (Å²) in [5.41, 5.74) is 1.42. The number of barbiturate groups is 1. The van der Waals surface area contributed by atoms with Crippen LogP contribution in [0.5, 0.6) is 5.75 Å². The number of carbonyl (C=O) groups excluding carboxylic acids is 3. The van der Waals surface area contributed by atoms with E-state index in [0.29, 0.717) is 25.3 Å². The first-order valence-electron chi connectivity index (χ1n) is 9.76. The van der Waals surface area contributed by atoms with Crippen LogP contribution in [0.3, 0.4) is 0 Å². The zero-order valence-corrected chi connectivity index (χ0v) is 22.7. The summed E-state index contributed by atoms with van der Waals surface area (Å²) in [6.07, 6.45) is 1.40. The van der Waals surface area contributed by atoms with Gasteiger partial charge in [0.1, 0.15) is 17.9 Å². The van der Waals surface area contributed by atoms with Gasteiger partial charge < -0.3 is 4.74 Å². The van der Waals surface area contributed by atoms with Gasteiger partial charge in [-0.15, -0.1) is 0 Å². The number of hydrogen-bond donors (Lipinski definition) is 1. The Labute approximate surface area is 225 Å². The normalized spacial score (nSPS) is 15.0. The maximum Gasteiger partial charge on any atom is 0.335 e. The Bertz CT molecular complexity index is 1340. The molecule has 6 nitrogen and oxygen atoms in total. The number of nitrogens with zero attached hydrogens (tertiary/aromatic N) is 1. The Morgan fingerprint density at radius 1 is 0.941 bits per heavy atom. The van der Waals surface area contributed by atoms with Gasteiger partial charge in [0.05, 0.1) is 10.2 Å². The molecule has 1 fully saturated rings. The van der Waals surface area contributed by atoms with Crippen molar-refractivity contribution in [3.05, 3.63) is 95.8 Å². The third kappa shape index (κ3) is 5.43. The number of rotatable bonds is 5. The van der Waals surface area contributed by atoms with Gasteiger partial charge >= 0.3 is 6.03 Å². The van der Waals surface area contributed by atoms with Gasteiger partial charge in [-0.2, -0.15) is 0 Å². The van der Waals surface area contributed by atoms with Crippen LogP contribution >= 0.6 is 59.4 Å². The van der Waals surface area contributed by atoms with Crippen molar-refractivity contribution in [2.45, 2.75) is 6.61 Å². The summed E-state index contributed by atoms with van der Waals surface area (Å²) < 4.78 is 8.32. The summed E-state index contributed by atoms with van der Waals surface area (Å²) >= 11 is 16.3. The predicted octanol–water partition coefficient (Wildman–Crippen LogP) is 6.87. The molecule has 0 bridgehead atoms. The molecule has 172 valence electrons. The van der Waals surface area contributed by atoms with Crippen LogP contribution in [0.15, 0.2) is 79.7 Å². The largest absolute Gasteiger partial charge is 0.487 e. The third-order valence-corrected chi connectivity index (χ3v) is 6.61. The van der Waals surface area contributed by atoms with Gasteiger partial charge in [0.2, 0.25) is 0 Å². The lowest BCUT2D eigenvalue weighted by atomic mass is 10.1. The molecule has 0 spiro atoms. The molecule has 3 aromatic rings. The highest BCUT2D eigenvalue weighted by Gasteiger charge is 2.37. The first-order valence-corrected chi connectivity index (χ1v) is 12.5. The quantitative estimate of drug-likeness (QED) is 0.238. The maximum atomic E-state index is 13.2. The average molecular weight is 670 g/mol. The van der Waals surface area contributed by atoms with Crippen molar-refractivity contribution in [1.29, 1.82) is 0 Å². The smallest absolute Gasteiger partial charge is 0.335 e. The van der Waals surface area contributed by atoms with E-state index in [-0.39, 0.29) is 17.9 Å². The van der Waals surface area contributed by atoms with E-state index >= 15 is 0 Å². The van der Waals surface area contributed by atoms with E-state index in [9.17, 15) is 14.4 Å². The van der Waals surface area contributed by atoms with Crippen molar-refractivity contribution in [3.63, 3.8) is 0 Å². The first-order chi connectivity index (χ1) is 16.2. The standard InChI is InChI=1S/C24H14Br3ClN2O4/c25-15-6-4-13(5-7-15)12-34-21-14(8-16(26)10-20(21)27)9-19-22(31)29-24(33)30(23(19)32)18-3-1-2-17(28)11-18/h1-11H,12H2,(H,29,31,33)/b19-9+. The molecule has 1 aliphatic heterocycles. The topological polar surface area (TPSA) is 75.7 Å². The molecule has 3 aromatic carbocycles. The highest BCUT2D eigenvalue weighted by Crippen LogP contribution is 2.36. The van der Waals surface area contributed by atoms with Crippen molar-refractivity contribution < 1.29 is 19.1 Å². The van der Waals surface area contributed by atoms with Crippen LogP contribution in [0.25, 0.3) is 6.08 Å². The Morgan fingerprint density at radius 2 is 1.68 bits per heavy atom. The molecule has 0 radical (unpaired) electrons. The van der Waals surface area contributed by atoms with Gasteiger partial charge in [0.25, 0.3) is 11.8 Å². The number of ether oxygens (including phenoxy) is 1. The molecule has 1 saturated heterocycles. The van der Waals surface area contributed by atoms with E-state index in [0.717, 1.165) is 14.9 Å². The average Bonchev–Trinajstić information content (AvgIpc) is 2.77. The third-order valence-electron chi connectivity index (χ3n) is 4.80. The summed E-state index contributed by atoms with van der Waals surface area (Å²) in [6.45, 7) is 0.261. The van der Waals surface area contributed by atoms with Gasteiger partial charge in [0, 0.05) is 19.5 Å². The number of anilines is 1. The summed E-state index contributed by atoms with van der Waals surface area (Å²) in [5, 5.41) is 2.55. The Morgan fingerprint density at radius 3 is 2.38 bits per heavy atom. The van der Waals surface area contributed by atoms with E-state index in [2.05, 4.69) is 53.1 Å². The van der Waals surface area contributed by atoms with Gasteiger partial charge in [0.15, 0.2) is 0 Å². The molecule has 0 aromatic heterocycles. The van der Waals surface area contributed by atoms with E-state index in [1.807, 2.05) is 24.3 Å². The second-order valence-electron chi connectivity index (χ2n) is 7.16. The monoisotopic (exact) mass is 666 g/mol. The van der Waals surface area contributed by atoms with Gasteiger partial charge in [-0.05, 0) is 70.0 Å². The van der Waals surface area contributed by atoms with Crippen LogP contribution in [-0.4, -0.2) is 17.8 Å². The molecule has 0 aliphatic carbocycles. The number of halogens is 4. The molecule has 1 N–H and O–H groups in total. The van der Waals surface area contributed by atoms with Crippen LogP contribution < -0.4 is 15.0 Å². The Kier molecular flexibility index (Phi) is 7.57. The molecule has 1 aliphatic rings. The highest BCUT2D eigenvalue weighted by molar-refractivity contribution is 9.11. The molecular weight excluding hydrogens is 655 g/mol. The van der Waals surface area contributed by atoms with Gasteiger partial charge in [-0.25, -0.2) is 9.69 Å². The SMILES string of the molecule is O=C1NC(=O)N(c2cccc(Cl)c2)C(=O)/C1=C/c1cc(Br)cc(Br)c1OCc1ccc(Br)cc1. The van der Waals surface area contributed by atoms with Crippen molar-refractivity contribution in [2.75, 3.05) is 4.90 Å². The second-order valence-corrected chi connectivity index (χ2v) is 10.3. The summed E-state index contributed by atoms with van der Waals surface area (Å²) in [6, 6.07) is 16.6. The van der Waals surface area contributed by atoms with E-state index in [1.165, 1.54) is 12.1 Å². The molecule has 4 amide bonds. The van der Waals surface area contributed by atoms with Gasteiger partial charge in [-0.1, -0.05) is 61.7 Å². The van der Waals surface area contributed by atoms with Crippen molar-refractivity contribution >= 4 is 89.0 Å². The van der Waals surface area contributed by atoms with Crippen LogP contribution in [0.1, 0.15) is 11.1 Å². The number of benzene rings is 3. The first kappa shape index (κ1) is 24.7. The minimum atomic E-state index is -0.850. The molecule has 1 heterocycles. The zero-order valence-electron chi connectivity index (χ0n) is 17.2. The minimum Gasteiger partial charge on any atom is -0.487 e. The number of amides is 4. The lowest BCUT2D eigenvalue weighted by Gasteiger charge is -2.26. The molecule has 0 unspecified atom stereocenters. The number of carbonyl (C=O) groups is 3. The highest BCUT2D eigenvalue weighted by atomic mass is 79.9. The predicted molar refractivity (Wildman–Crippen MR) is 141 cm³/mol. The zero-order chi connectivity index (χ0) is 24.4. The molecule has 0 saturated carbocycles. The molecular formula is C24H14Br3ClN2O4. The van der Waals surface area contributed by atoms with Gasteiger partial charge in [-0.3, -0.25) is 14.9 Å². The van der Waals surface area contributed by atoms with Crippen molar-refractivity contribution in [2.24, 2.45) is 0 Å². The summed E-state index contributed by atoms with van der Waals surface area (Å²) in [5.74, 6) is -1.14. The molecule has 10 heteroatoms. The van der Waals surface area contributed by atoms with E-state index < -0.39 is 17.8 Å². The lowest BCUT2D eigenvalue weighted by Crippen LogP contribution is -2.54. The number of imide groups is 2. The fourth-order valence-electron chi connectivity index (χ4n) is 3.24. The summed E-state index contributed by atoms with van der Waals surface area (Å²) in [4.78, 5) is 39.1. The summed E-state index contributed by atoms with van der Waals surface area (Å²) in [7, 11) is 0. The van der Waals surface area contributed by atoms with Crippen LogP contribution in [0.4, 0.5) is 10.5 Å². The van der Waals surface area contributed by atoms with E-state index in [1.54, 1.807) is 30.3 Å². The Balaban J connectivity index is 1.71. The second kappa shape index (κ2) is 10.4. The molecule has 0 atom stereocenters.